The fraction of sp³-hybridized carbons (Fsp3) is 0.385. The van der Waals surface area contributed by atoms with Crippen LogP contribution in [0.15, 0.2) is 17.0 Å². The van der Waals surface area contributed by atoms with Crippen LogP contribution in [0.3, 0.4) is 0 Å². The maximum Gasteiger partial charge on any atom is 0.244 e. The molecule has 0 aliphatic heterocycles. The van der Waals surface area contributed by atoms with Crippen LogP contribution in [-0.4, -0.2) is 26.7 Å². The van der Waals surface area contributed by atoms with Gasteiger partial charge in [0.05, 0.1) is 5.56 Å². The van der Waals surface area contributed by atoms with Gasteiger partial charge in [-0.15, -0.1) is 0 Å². The lowest BCUT2D eigenvalue weighted by Gasteiger charge is -2.09. The van der Waals surface area contributed by atoms with Crippen molar-refractivity contribution in [2.45, 2.75) is 24.7 Å². The van der Waals surface area contributed by atoms with E-state index in [2.05, 4.69) is 16.6 Å². The van der Waals surface area contributed by atoms with Gasteiger partial charge in [0.25, 0.3) is 0 Å². The van der Waals surface area contributed by atoms with Crippen LogP contribution in [0.2, 0.25) is 0 Å². The number of sulfonamides is 1. The minimum Gasteiger partial charge on any atom is -0.384 e. The van der Waals surface area contributed by atoms with E-state index in [1.165, 1.54) is 0 Å². The number of hydrogen-bond acceptors (Lipinski definition) is 3. The maximum absolute atomic E-state index is 13.8. The summed E-state index contributed by atoms with van der Waals surface area (Å²) in [6, 6.07) is 1.30. The van der Waals surface area contributed by atoms with Gasteiger partial charge in [0.1, 0.15) is 23.1 Å². The van der Waals surface area contributed by atoms with Crippen molar-refractivity contribution in [1.82, 2.24) is 4.72 Å². The molecular formula is C13H15F2NO3S. The molecule has 110 valence electrons. The molecule has 0 atom stereocenters. The molecule has 0 heterocycles. The van der Waals surface area contributed by atoms with E-state index in [4.69, 9.17) is 5.11 Å². The van der Waals surface area contributed by atoms with Crippen LogP contribution in [0, 0.1) is 23.5 Å². The van der Waals surface area contributed by atoms with Crippen LogP contribution in [0.1, 0.15) is 25.3 Å². The van der Waals surface area contributed by atoms with Crippen molar-refractivity contribution in [1.29, 1.82) is 0 Å². The van der Waals surface area contributed by atoms with Gasteiger partial charge in [-0.1, -0.05) is 25.2 Å². The molecule has 0 aromatic heterocycles. The van der Waals surface area contributed by atoms with Gasteiger partial charge in [-0.3, -0.25) is 0 Å². The van der Waals surface area contributed by atoms with Gasteiger partial charge in [0.15, 0.2) is 0 Å². The monoisotopic (exact) mass is 303 g/mol. The number of nitrogens with one attached hydrogen (secondary N) is 1. The number of benzene rings is 1. The summed E-state index contributed by atoms with van der Waals surface area (Å²) in [5.41, 5.74) is -0.319. The van der Waals surface area contributed by atoms with E-state index in [1.54, 1.807) is 0 Å². The molecule has 0 spiro atoms. The first-order valence-corrected chi connectivity index (χ1v) is 7.49. The molecule has 1 rings (SSSR count). The molecule has 1 aromatic rings. The van der Waals surface area contributed by atoms with E-state index >= 15 is 0 Å². The third-order valence-corrected chi connectivity index (χ3v) is 3.94. The summed E-state index contributed by atoms with van der Waals surface area (Å²) in [6.45, 7) is 1.49. The van der Waals surface area contributed by atoms with Crippen molar-refractivity contribution in [3.05, 3.63) is 29.3 Å². The highest BCUT2D eigenvalue weighted by Crippen LogP contribution is 2.20. The third-order valence-electron chi connectivity index (χ3n) is 2.40. The van der Waals surface area contributed by atoms with Gasteiger partial charge >= 0.3 is 0 Å². The van der Waals surface area contributed by atoms with E-state index in [-0.39, 0.29) is 12.1 Å². The van der Waals surface area contributed by atoms with Gasteiger partial charge in [-0.2, -0.15) is 0 Å². The molecule has 2 N–H and O–H groups in total. The summed E-state index contributed by atoms with van der Waals surface area (Å²) >= 11 is 0. The van der Waals surface area contributed by atoms with E-state index in [0.29, 0.717) is 12.5 Å². The van der Waals surface area contributed by atoms with Crippen molar-refractivity contribution in [3.63, 3.8) is 0 Å². The lowest BCUT2D eigenvalue weighted by molar-refractivity contribution is 0.350. The topological polar surface area (TPSA) is 66.4 Å². The van der Waals surface area contributed by atoms with Crippen molar-refractivity contribution < 1.29 is 22.3 Å². The molecule has 1 aromatic carbocycles. The summed E-state index contributed by atoms with van der Waals surface area (Å²) in [5.74, 6) is 2.28. The van der Waals surface area contributed by atoms with Crippen LogP contribution in [0.4, 0.5) is 8.78 Å². The molecule has 0 amide bonds. The number of aliphatic hydroxyl groups excluding tert-OH is 1. The first kappa shape index (κ1) is 16.6. The summed E-state index contributed by atoms with van der Waals surface area (Å²) in [5, 5.41) is 8.61. The van der Waals surface area contributed by atoms with Crippen LogP contribution in [0.25, 0.3) is 0 Å². The normalized spacial score (nSPS) is 11.0. The molecule has 20 heavy (non-hydrogen) atoms. The quantitative estimate of drug-likeness (QED) is 0.638. The Morgan fingerprint density at radius 2 is 2.05 bits per heavy atom. The Kier molecular flexibility index (Phi) is 6.07. The van der Waals surface area contributed by atoms with E-state index in [9.17, 15) is 17.2 Å². The Morgan fingerprint density at radius 3 is 2.65 bits per heavy atom. The molecule has 4 nitrogen and oxygen atoms in total. The summed E-state index contributed by atoms with van der Waals surface area (Å²) in [7, 11) is -4.12. The predicted molar refractivity (Wildman–Crippen MR) is 70.4 cm³/mol. The van der Waals surface area contributed by atoms with Crippen LogP contribution in [0.5, 0.6) is 0 Å². The lowest BCUT2D eigenvalue weighted by Crippen LogP contribution is -2.26. The molecule has 0 fully saturated rings. The highest BCUT2D eigenvalue weighted by atomic mass is 32.2. The SMILES string of the molecule is CCCCNS(=O)(=O)c1c(F)cc(F)cc1C#CCO. The number of hydrogen-bond donors (Lipinski definition) is 2. The third kappa shape index (κ3) is 4.27. The Hall–Kier alpha value is -1.49. The second-order valence-corrected chi connectivity index (χ2v) is 5.68. The van der Waals surface area contributed by atoms with E-state index in [1.807, 2.05) is 6.92 Å². The average Bonchev–Trinajstić information content (AvgIpc) is 2.35. The van der Waals surface area contributed by atoms with Crippen LogP contribution in [-0.2, 0) is 10.0 Å². The molecule has 0 saturated carbocycles. The van der Waals surface area contributed by atoms with E-state index < -0.39 is 33.2 Å². The number of aliphatic hydroxyl groups is 1. The summed E-state index contributed by atoms with van der Waals surface area (Å²) in [6.07, 6.45) is 1.37. The number of halogens is 2. The molecule has 0 aliphatic rings. The fourth-order valence-electron chi connectivity index (χ4n) is 1.52. The maximum atomic E-state index is 13.8. The largest absolute Gasteiger partial charge is 0.384 e. The highest BCUT2D eigenvalue weighted by Gasteiger charge is 2.23. The average molecular weight is 303 g/mol. The van der Waals surface area contributed by atoms with Crippen LogP contribution >= 0.6 is 0 Å². The van der Waals surface area contributed by atoms with Gasteiger partial charge < -0.3 is 5.11 Å². The van der Waals surface area contributed by atoms with Gasteiger partial charge in [-0.05, 0) is 12.5 Å². The molecule has 7 heteroatoms. The molecule has 0 aliphatic carbocycles. The number of rotatable bonds is 5. The zero-order valence-electron chi connectivity index (χ0n) is 10.9. The Labute approximate surface area is 116 Å². The summed E-state index contributed by atoms with van der Waals surface area (Å²) in [4.78, 5) is -0.698. The molecule has 0 radical (unpaired) electrons. The van der Waals surface area contributed by atoms with Crippen molar-refractivity contribution >= 4 is 10.0 Å². The van der Waals surface area contributed by atoms with Gasteiger partial charge in [-0.25, -0.2) is 21.9 Å². The highest BCUT2D eigenvalue weighted by molar-refractivity contribution is 7.89. The lowest BCUT2D eigenvalue weighted by atomic mass is 10.2. The Morgan fingerprint density at radius 1 is 1.35 bits per heavy atom. The number of unbranched alkanes of at least 4 members (excludes halogenated alkanes) is 1. The Bertz CT molecular complexity index is 633. The van der Waals surface area contributed by atoms with Crippen molar-refractivity contribution in [2.24, 2.45) is 0 Å². The van der Waals surface area contributed by atoms with Crippen molar-refractivity contribution in [2.75, 3.05) is 13.2 Å². The minimum atomic E-state index is -4.12. The van der Waals surface area contributed by atoms with Gasteiger partial charge in [0, 0.05) is 12.6 Å². The summed E-state index contributed by atoms with van der Waals surface area (Å²) < 4.78 is 53.2. The first-order valence-electron chi connectivity index (χ1n) is 6.00. The van der Waals surface area contributed by atoms with Gasteiger partial charge in [0.2, 0.25) is 10.0 Å². The molecular weight excluding hydrogens is 288 g/mol. The zero-order chi connectivity index (χ0) is 15.2. The fourth-order valence-corrected chi connectivity index (χ4v) is 2.79. The predicted octanol–water partition coefficient (Wildman–Crippen LogP) is 1.39. The molecule has 0 saturated heterocycles. The standard InChI is InChI=1S/C13H15F2NO3S/c1-2-3-6-16-20(18,19)13-10(5-4-7-17)8-11(14)9-12(13)15/h8-9,16-17H,2-3,6-7H2,1H3. The molecule has 0 unspecified atom stereocenters. The smallest absolute Gasteiger partial charge is 0.244 e. The van der Waals surface area contributed by atoms with Crippen molar-refractivity contribution in [3.8, 4) is 11.8 Å². The second-order valence-electron chi connectivity index (χ2n) is 3.98. The minimum absolute atomic E-state index is 0.155. The second kappa shape index (κ2) is 7.33. The van der Waals surface area contributed by atoms with Crippen LogP contribution < -0.4 is 4.72 Å². The van der Waals surface area contributed by atoms with E-state index in [0.717, 1.165) is 12.5 Å². The Balaban J connectivity index is 3.28. The zero-order valence-corrected chi connectivity index (χ0v) is 11.7. The molecule has 0 bridgehead atoms. The first-order chi connectivity index (χ1) is 9.42.